The lowest BCUT2D eigenvalue weighted by Gasteiger charge is -2.36. The molecule has 1 aromatic carbocycles. The molecule has 5 heteroatoms. The number of phenolic OH excluding ortho intramolecular Hbond substituents is 1. The summed E-state index contributed by atoms with van der Waals surface area (Å²) in [5.41, 5.74) is 12.8. The Kier molecular flexibility index (Phi) is 3.00. The lowest BCUT2D eigenvalue weighted by Crippen LogP contribution is -2.52. The molecule has 5 N–H and O–H groups in total. The van der Waals surface area contributed by atoms with Crippen LogP contribution in [-0.2, 0) is 0 Å². The summed E-state index contributed by atoms with van der Waals surface area (Å²) >= 11 is 0. The summed E-state index contributed by atoms with van der Waals surface area (Å²) in [5.74, 6) is 1.10. The minimum Gasteiger partial charge on any atom is -0.507 e. The predicted molar refractivity (Wildman–Crippen MR) is 75.9 cm³/mol. The van der Waals surface area contributed by atoms with E-state index in [-0.39, 0.29) is 18.0 Å². The van der Waals surface area contributed by atoms with Crippen molar-refractivity contribution >= 4 is 16.7 Å². The van der Waals surface area contributed by atoms with Gasteiger partial charge in [0.25, 0.3) is 0 Å². The Morgan fingerprint density at radius 2 is 2.05 bits per heavy atom. The van der Waals surface area contributed by atoms with Crippen LogP contribution in [0.1, 0.15) is 12.8 Å². The van der Waals surface area contributed by atoms with E-state index in [0.29, 0.717) is 0 Å². The zero-order valence-electron chi connectivity index (χ0n) is 10.7. The normalized spacial score (nSPS) is 23.8. The van der Waals surface area contributed by atoms with Gasteiger partial charge in [0.2, 0.25) is 0 Å². The van der Waals surface area contributed by atoms with Crippen LogP contribution in [0.25, 0.3) is 10.9 Å². The first-order valence-corrected chi connectivity index (χ1v) is 6.51. The molecule has 0 aliphatic carbocycles. The molecule has 0 saturated carbocycles. The number of pyridine rings is 1. The fourth-order valence-electron chi connectivity index (χ4n) is 2.60. The van der Waals surface area contributed by atoms with Gasteiger partial charge in [-0.2, -0.15) is 0 Å². The van der Waals surface area contributed by atoms with Crippen LogP contribution < -0.4 is 16.4 Å². The lowest BCUT2D eigenvalue weighted by atomic mass is 10.0. The minimum atomic E-state index is -0.0917. The van der Waals surface area contributed by atoms with Gasteiger partial charge >= 0.3 is 0 Å². The first-order valence-electron chi connectivity index (χ1n) is 6.51. The molecule has 0 radical (unpaired) electrons. The number of benzene rings is 1. The van der Waals surface area contributed by atoms with Gasteiger partial charge in [0.1, 0.15) is 11.6 Å². The van der Waals surface area contributed by atoms with Crippen LogP contribution in [0.5, 0.6) is 5.75 Å². The van der Waals surface area contributed by atoms with Crippen molar-refractivity contribution in [3.05, 3.63) is 30.3 Å². The van der Waals surface area contributed by atoms with Gasteiger partial charge in [-0.15, -0.1) is 0 Å². The van der Waals surface area contributed by atoms with E-state index < -0.39 is 0 Å². The average molecular weight is 258 g/mol. The van der Waals surface area contributed by atoms with Crippen molar-refractivity contribution in [3.63, 3.8) is 0 Å². The summed E-state index contributed by atoms with van der Waals surface area (Å²) in [4.78, 5) is 6.66. The van der Waals surface area contributed by atoms with Crippen LogP contribution in [-0.4, -0.2) is 28.8 Å². The highest BCUT2D eigenvalue weighted by atomic mass is 16.3. The second-order valence-electron chi connectivity index (χ2n) is 5.06. The Hall–Kier alpha value is -1.85. The second-order valence-corrected chi connectivity index (χ2v) is 5.06. The van der Waals surface area contributed by atoms with Crippen LogP contribution in [0.15, 0.2) is 30.3 Å². The predicted octanol–water partition coefficient (Wildman–Crippen LogP) is 1.15. The summed E-state index contributed by atoms with van der Waals surface area (Å²) < 4.78 is 0. The van der Waals surface area contributed by atoms with Gasteiger partial charge in [0, 0.05) is 18.0 Å². The molecule has 0 spiro atoms. The third-order valence-corrected chi connectivity index (χ3v) is 3.67. The number of fused-ring (bicyclic) bond motifs is 1. The quantitative estimate of drug-likeness (QED) is 0.714. The van der Waals surface area contributed by atoms with Crippen molar-refractivity contribution in [2.24, 2.45) is 11.5 Å². The molecule has 5 nitrogen and oxygen atoms in total. The lowest BCUT2D eigenvalue weighted by molar-refractivity contribution is 0.416. The molecule has 3 rings (SSSR count). The fourth-order valence-corrected chi connectivity index (χ4v) is 2.60. The molecule has 19 heavy (non-hydrogen) atoms. The molecular weight excluding hydrogens is 240 g/mol. The highest BCUT2D eigenvalue weighted by molar-refractivity contribution is 5.86. The Balaban J connectivity index is 1.97. The van der Waals surface area contributed by atoms with Crippen LogP contribution in [0, 0.1) is 0 Å². The van der Waals surface area contributed by atoms with Gasteiger partial charge in [0.15, 0.2) is 0 Å². The maximum atomic E-state index is 9.76. The third kappa shape index (κ3) is 2.22. The number of hydrogen-bond donors (Lipinski definition) is 3. The molecule has 2 heterocycles. The second kappa shape index (κ2) is 4.68. The molecule has 1 saturated heterocycles. The Labute approximate surface area is 111 Å². The third-order valence-electron chi connectivity index (χ3n) is 3.67. The van der Waals surface area contributed by atoms with Gasteiger partial charge in [-0.05, 0) is 37.1 Å². The standard InChI is InChI=1S/C14H18N4O/c15-9-6-7-18(13(16)8-9)14-5-4-10-11(17-14)2-1-3-12(10)19/h1-5,9,13,19H,6-8,15-16H2. The molecule has 2 unspecified atom stereocenters. The number of hydrogen-bond acceptors (Lipinski definition) is 5. The summed E-state index contributed by atoms with van der Waals surface area (Å²) in [6, 6.07) is 9.30. The zero-order chi connectivity index (χ0) is 13.4. The molecular formula is C14H18N4O. The summed E-state index contributed by atoms with van der Waals surface area (Å²) in [6.45, 7) is 0.819. The zero-order valence-corrected chi connectivity index (χ0v) is 10.7. The number of aromatic hydroxyl groups is 1. The SMILES string of the molecule is NC1CCN(c2ccc3c(O)cccc3n2)C(N)C1. The van der Waals surface area contributed by atoms with Gasteiger partial charge < -0.3 is 21.5 Å². The summed E-state index contributed by atoms with van der Waals surface area (Å²) in [7, 11) is 0. The van der Waals surface area contributed by atoms with E-state index in [1.54, 1.807) is 12.1 Å². The van der Waals surface area contributed by atoms with Crippen molar-refractivity contribution in [1.82, 2.24) is 4.98 Å². The molecule has 100 valence electrons. The van der Waals surface area contributed by atoms with Crippen molar-refractivity contribution in [2.45, 2.75) is 25.0 Å². The number of aromatic nitrogens is 1. The van der Waals surface area contributed by atoms with E-state index in [0.717, 1.165) is 36.1 Å². The average Bonchev–Trinajstić information content (AvgIpc) is 2.38. The molecule has 2 atom stereocenters. The first-order chi connectivity index (χ1) is 9.15. The van der Waals surface area contributed by atoms with Gasteiger partial charge in [-0.25, -0.2) is 4.98 Å². The van der Waals surface area contributed by atoms with E-state index in [1.165, 1.54) is 0 Å². The maximum Gasteiger partial charge on any atom is 0.130 e. The first kappa shape index (κ1) is 12.2. The highest BCUT2D eigenvalue weighted by Crippen LogP contribution is 2.27. The van der Waals surface area contributed by atoms with Crippen LogP contribution >= 0.6 is 0 Å². The number of piperidine rings is 1. The summed E-state index contributed by atoms with van der Waals surface area (Å²) in [6.07, 6.45) is 1.61. The van der Waals surface area contributed by atoms with Crippen molar-refractivity contribution < 1.29 is 5.11 Å². The molecule has 1 fully saturated rings. The van der Waals surface area contributed by atoms with E-state index in [1.807, 2.05) is 18.2 Å². The Morgan fingerprint density at radius 1 is 1.21 bits per heavy atom. The molecule has 0 bridgehead atoms. The fraction of sp³-hybridized carbons (Fsp3) is 0.357. The number of rotatable bonds is 1. The molecule has 1 aliphatic rings. The van der Waals surface area contributed by atoms with Crippen LogP contribution in [0.2, 0.25) is 0 Å². The highest BCUT2D eigenvalue weighted by Gasteiger charge is 2.24. The van der Waals surface area contributed by atoms with Gasteiger partial charge in [0.05, 0.1) is 11.7 Å². The van der Waals surface area contributed by atoms with Crippen LogP contribution in [0.3, 0.4) is 0 Å². The molecule has 1 aromatic heterocycles. The van der Waals surface area contributed by atoms with Crippen molar-refractivity contribution in [1.29, 1.82) is 0 Å². The van der Waals surface area contributed by atoms with Crippen molar-refractivity contribution in [3.8, 4) is 5.75 Å². The van der Waals surface area contributed by atoms with Gasteiger partial charge in [-0.1, -0.05) is 6.07 Å². The van der Waals surface area contributed by atoms with E-state index in [4.69, 9.17) is 11.5 Å². The minimum absolute atomic E-state index is 0.0917. The van der Waals surface area contributed by atoms with E-state index in [9.17, 15) is 5.11 Å². The van der Waals surface area contributed by atoms with Crippen molar-refractivity contribution in [2.75, 3.05) is 11.4 Å². The molecule has 2 aromatic rings. The number of nitrogens with zero attached hydrogens (tertiary/aromatic N) is 2. The smallest absolute Gasteiger partial charge is 0.130 e. The van der Waals surface area contributed by atoms with Crippen LogP contribution in [0.4, 0.5) is 5.82 Å². The number of anilines is 1. The largest absolute Gasteiger partial charge is 0.507 e. The monoisotopic (exact) mass is 258 g/mol. The number of phenols is 1. The topological polar surface area (TPSA) is 88.4 Å². The van der Waals surface area contributed by atoms with E-state index in [2.05, 4.69) is 9.88 Å². The Bertz CT molecular complexity index is 601. The Morgan fingerprint density at radius 3 is 2.84 bits per heavy atom. The van der Waals surface area contributed by atoms with Gasteiger partial charge in [-0.3, -0.25) is 0 Å². The summed E-state index contributed by atoms with van der Waals surface area (Å²) in [5, 5.41) is 10.5. The van der Waals surface area contributed by atoms with E-state index >= 15 is 0 Å². The maximum absolute atomic E-state index is 9.76. The number of nitrogens with two attached hydrogens (primary N) is 2. The molecule has 1 aliphatic heterocycles. The molecule has 0 amide bonds.